The first-order valence-corrected chi connectivity index (χ1v) is 27.6. The topological polar surface area (TPSA) is 174 Å². The number of unbranched alkanes of at least 4 members (excludes halogenated alkanes) is 2. The first-order chi connectivity index (χ1) is 34.3. The quantitative estimate of drug-likeness (QED) is 0.0261. The molecule has 5 atom stereocenters. The predicted molar refractivity (Wildman–Crippen MR) is 280 cm³/mol. The summed E-state index contributed by atoms with van der Waals surface area (Å²) >= 11 is 0. The molecule has 0 saturated carbocycles. The van der Waals surface area contributed by atoms with E-state index in [1.54, 1.807) is 53.4 Å². The van der Waals surface area contributed by atoms with Gasteiger partial charge >= 0.3 is 12.2 Å². The zero-order chi connectivity index (χ0) is 50.4. The van der Waals surface area contributed by atoms with Gasteiger partial charge in [-0.15, -0.1) is 0 Å². The van der Waals surface area contributed by atoms with Crippen LogP contribution in [0.15, 0.2) is 95.6 Å². The molecule has 2 aromatic carbocycles. The third kappa shape index (κ3) is 11.4. The molecule has 0 N–H and O–H groups in total. The number of aliphatic imine (C=N–C) groups is 1. The van der Waals surface area contributed by atoms with Crippen LogP contribution in [0.4, 0.5) is 21.0 Å². The standard InChI is InChI=1S/C50H58N6O11S4/c1-9-43(51-6)70-68-32(4)28-65-48(59)54-27-34-19-30(2)25-53(34)45(57)35-20-39(61-7)41(22-37(35)54)63-17-13-10-14-18-64-42-23-38-36(21-40(42)62-8)46(58)55-26-31(3)24-50(55)47(67-50)56(38)49(60)66-29-33(5)69-71-44-15-11-12-16-52-44/h9,11-12,15-16,20-23,32-34,47H,1-3,10,13-14,17-19,24-29H2,4-8H3/b51-43+/t32?,33?,34?,47-,50+/m0/s1. The van der Waals surface area contributed by atoms with Crippen LogP contribution < -0.4 is 28.7 Å². The fraction of sp³-hybridized carbons (Fsp3) is 0.440. The zero-order valence-corrected chi connectivity index (χ0v) is 43.7. The van der Waals surface area contributed by atoms with Crippen molar-refractivity contribution in [3.05, 3.63) is 96.7 Å². The van der Waals surface area contributed by atoms with E-state index in [0.717, 1.165) is 21.2 Å². The highest BCUT2D eigenvalue weighted by Crippen LogP contribution is 2.56. The summed E-state index contributed by atoms with van der Waals surface area (Å²) in [7, 11) is 10.7. The van der Waals surface area contributed by atoms with Gasteiger partial charge in [-0.05, 0) is 91.5 Å². The molecule has 71 heavy (non-hydrogen) atoms. The molecule has 5 aliphatic heterocycles. The van der Waals surface area contributed by atoms with Gasteiger partial charge in [0.1, 0.15) is 23.3 Å². The Kier molecular flexibility index (Phi) is 16.8. The molecule has 0 bridgehead atoms. The number of pyridine rings is 1. The van der Waals surface area contributed by atoms with E-state index in [4.69, 9.17) is 33.2 Å². The molecule has 3 aromatic rings. The van der Waals surface area contributed by atoms with E-state index in [9.17, 15) is 19.2 Å². The number of epoxide rings is 1. The predicted octanol–water partition coefficient (Wildman–Crippen LogP) is 9.68. The summed E-state index contributed by atoms with van der Waals surface area (Å²) in [5, 5.41) is 1.49. The number of fused-ring (bicyclic) bond motifs is 3. The average molecular weight is 1050 g/mol. The zero-order valence-electron chi connectivity index (χ0n) is 40.4. The lowest BCUT2D eigenvalue weighted by molar-refractivity contribution is 0.0581. The van der Waals surface area contributed by atoms with Crippen molar-refractivity contribution in [3.63, 3.8) is 0 Å². The van der Waals surface area contributed by atoms with Crippen LogP contribution in [0.25, 0.3) is 0 Å². The number of methoxy groups -OCH3 is 2. The molecular formula is C50H58N6O11S4. The number of anilines is 2. The molecule has 4 amide bonds. The van der Waals surface area contributed by atoms with Crippen molar-refractivity contribution in [2.24, 2.45) is 4.99 Å². The third-order valence-electron chi connectivity index (χ3n) is 12.3. The normalized spacial score (nSPS) is 20.9. The van der Waals surface area contributed by atoms with Gasteiger partial charge in [0.2, 0.25) is 0 Å². The van der Waals surface area contributed by atoms with Gasteiger partial charge in [0, 0.05) is 55.4 Å². The highest BCUT2D eigenvalue weighted by molar-refractivity contribution is 8.82. The van der Waals surface area contributed by atoms with Gasteiger partial charge in [-0.25, -0.2) is 19.5 Å². The van der Waals surface area contributed by atoms with E-state index in [1.165, 1.54) is 67.2 Å². The van der Waals surface area contributed by atoms with Crippen LogP contribution in [-0.2, 0) is 14.2 Å². The number of carbonyl (C=O) groups is 4. The monoisotopic (exact) mass is 1050 g/mol. The Bertz CT molecular complexity index is 2590. The molecule has 0 radical (unpaired) electrons. The van der Waals surface area contributed by atoms with Crippen molar-refractivity contribution in [2.75, 3.05) is 77.1 Å². The Labute approximate surface area is 429 Å². The van der Waals surface area contributed by atoms with Crippen LogP contribution in [0.2, 0.25) is 0 Å². The minimum Gasteiger partial charge on any atom is -0.493 e. The Balaban J connectivity index is 0.907. The van der Waals surface area contributed by atoms with E-state index >= 15 is 0 Å². The lowest BCUT2D eigenvalue weighted by Gasteiger charge is -2.26. The van der Waals surface area contributed by atoms with Crippen LogP contribution in [0.3, 0.4) is 0 Å². The number of nitrogens with zero attached hydrogens (tertiary/aromatic N) is 6. The van der Waals surface area contributed by atoms with Gasteiger partial charge in [-0.3, -0.25) is 19.5 Å². The van der Waals surface area contributed by atoms with Crippen molar-refractivity contribution in [1.29, 1.82) is 0 Å². The molecule has 3 saturated heterocycles. The molecule has 17 nitrogen and oxygen atoms in total. The number of rotatable bonds is 20. The smallest absolute Gasteiger partial charge is 0.416 e. The van der Waals surface area contributed by atoms with Crippen LogP contribution in [0.5, 0.6) is 23.0 Å². The number of ether oxygens (including phenoxy) is 7. The summed E-state index contributed by atoms with van der Waals surface area (Å²) in [6.45, 7) is 17.7. The summed E-state index contributed by atoms with van der Waals surface area (Å²) in [5.74, 6) is 0.887. The molecule has 8 rings (SSSR count). The first kappa shape index (κ1) is 51.9. The highest BCUT2D eigenvalue weighted by Gasteiger charge is 2.71. The molecule has 21 heteroatoms. The summed E-state index contributed by atoms with van der Waals surface area (Å²) in [6, 6.07) is 12.0. The molecule has 3 fully saturated rings. The highest BCUT2D eigenvalue weighted by atomic mass is 33.1. The molecular weight excluding hydrogens is 989 g/mol. The van der Waals surface area contributed by atoms with Gasteiger partial charge in [0.15, 0.2) is 35.0 Å². The number of amides is 4. The van der Waals surface area contributed by atoms with E-state index in [2.05, 4.69) is 29.7 Å². The van der Waals surface area contributed by atoms with E-state index in [1.807, 2.05) is 32.0 Å². The number of hydrogen-bond acceptors (Lipinski definition) is 17. The lowest BCUT2D eigenvalue weighted by Crippen LogP contribution is -2.42. The van der Waals surface area contributed by atoms with Gasteiger partial charge in [-0.1, -0.05) is 58.5 Å². The van der Waals surface area contributed by atoms with Crippen molar-refractivity contribution in [2.45, 2.75) is 79.5 Å². The minimum atomic E-state index is -1.03. The average Bonchev–Trinajstić information content (AvgIpc) is 3.83. The second-order valence-corrected chi connectivity index (χ2v) is 22.8. The van der Waals surface area contributed by atoms with Crippen LogP contribution >= 0.6 is 43.2 Å². The van der Waals surface area contributed by atoms with Gasteiger partial charge in [0.25, 0.3) is 11.8 Å². The Hall–Kier alpha value is -5.48. The second-order valence-electron chi connectivity index (χ2n) is 17.5. The fourth-order valence-corrected chi connectivity index (χ4v) is 12.6. The lowest BCUT2D eigenvalue weighted by atomic mass is 10.1. The maximum atomic E-state index is 14.2. The third-order valence-corrected chi connectivity index (χ3v) is 17.9. The van der Waals surface area contributed by atoms with E-state index in [-0.39, 0.29) is 60.3 Å². The second kappa shape index (κ2) is 22.9. The van der Waals surface area contributed by atoms with Crippen LogP contribution in [-0.4, -0.2) is 140 Å². The SMILES string of the molecule is C=C/C(=N\C)SSC(C)COC(=O)N1CC2CC(=C)CN2C(=O)c2cc(OC)c(OCCCCCOc3cc4c(cc3OC)C(=O)N3CC(=C)C[C@]35O[C@@H]5N4C(=O)OCC(C)SSc3ccccn3)cc21. The van der Waals surface area contributed by atoms with Crippen molar-refractivity contribution < 1.29 is 52.3 Å². The maximum absolute atomic E-state index is 14.2. The Morgan fingerprint density at radius 2 is 1.54 bits per heavy atom. The number of hydrogen-bond donors (Lipinski definition) is 0. The summed E-state index contributed by atoms with van der Waals surface area (Å²) in [4.78, 5) is 71.0. The molecule has 3 unspecified atom stereocenters. The molecule has 378 valence electrons. The number of aromatic nitrogens is 1. The van der Waals surface area contributed by atoms with Crippen LogP contribution in [0, 0.1) is 0 Å². The summed E-state index contributed by atoms with van der Waals surface area (Å²) < 4.78 is 42.0. The Morgan fingerprint density at radius 1 is 0.873 bits per heavy atom. The van der Waals surface area contributed by atoms with E-state index < -0.39 is 24.1 Å². The van der Waals surface area contributed by atoms with Crippen LogP contribution in [0.1, 0.15) is 66.7 Å². The van der Waals surface area contributed by atoms with E-state index in [0.29, 0.717) is 91.7 Å². The number of carbonyl (C=O) groups excluding carboxylic acids is 4. The molecule has 0 aliphatic carbocycles. The Morgan fingerprint density at radius 3 is 2.18 bits per heavy atom. The van der Waals surface area contributed by atoms with Gasteiger partial charge < -0.3 is 43.0 Å². The molecule has 1 spiro atoms. The number of benzene rings is 2. The van der Waals surface area contributed by atoms with Gasteiger partial charge in [-0.2, -0.15) is 0 Å². The first-order valence-electron chi connectivity index (χ1n) is 23.2. The molecule has 6 heterocycles. The van der Waals surface area contributed by atoms with Gasteiger partial charge in [0.05, 0.1) is 62.5 Å². The van der Waals surface area contributed by atoms with Crippen molar-refractivity contribution in [3.8, 4) is 23.0 Å². The summed E-state index contributed by atoms with van der Waals surface area (Å²) in [5.41, 5.74) is 1.96. The largest absolute Gasteiger partial charge is 0.493 e. The molecule has 1 aromatic heterocycles. The van der Waals surface area contributed by atoms with Crippen molar-refractivity contribution in [1.82, 2.24) is 14.8 Å². The van der Waals surface area contributed by atoms with Crippen molar-refractivity contribution >= 4 is 83.6 Å². The fourth-order valence-electron chi connectivity index (χ4n) is 8.79. The molecule has 5 aliphatic rings. The minimum absolute atomic E-state index is 0.0553. The summed E-state index contributed by atoms with van der Waals surface area (Å²) in [6.07, 6.45) is 4.32. The maximum Gasteiger partial charge on any atom is 0.416 e.